The zero-order valence-corrected chi connectivity index (χ0v) is 23.6. The monoisotopic (exact) mass is 552 g/mol. The maximum absolute atomic E-state index is 6.53. The van der Waals surface area contributed by atoms with Crippen LogP contribution in [0.5, 0.6) is 5.75 Å². The van der Waals surface area contributed by atoms with Gasteiger partial charge in [-0.3, -0.25) is 4.98 Å². The van der Waals surface area contributed by atoms with Crippen molar-refractivity contribution in [2.24, 2.45) is 0 Å². The van der Waals surface area contributed by atoms with Gasteiger partial charge in [0.1, 0.15) is 5.75 Å². The van der Waals surface area contributed by atoms with E-state index in [-0.39, 0.29) is 6.10 Å². The highest BCUT2D eigenvalue weighted by molar-refractivity contribution is 5.31. The molecule has 0 saturated carbocycles. The van der Waals surface area contributed by atoms with Gasteiger partial charge in [0.15, 0.2) is 0 Å². The van der Waals surface area contributed by atoms with Crippen LogP contribution in [0.1, 0.15) is 46.6 Å². The second-order valence-electron chi connectivity index (χ2n) is 10.4. The number of benzene rings is 3. The predicted molar refractivity (Wildman–Crippen MR) is 161 cm³/mol. The number of rotatable bonds is 15. The second-order valence-corrected chi connectivity index (χ2v) is 10.4. The standard InChI is InChI=1S/C35H40N2O4/c1-2-7-28(8-3-1)24-38-21-6-22-40-33-13-11-30(12-14-33)34-17-20-37-23-35(34)41-27-32-10-5-4-9-31(32)26-39-25-29-15-18-36-19-16-29/h1-5,7-16,18-19,34-35,37H,6,17,20-27H2. The summed E-state index contributed by atoms with van der Waals surface area (Å²) >= 11 is 0. The third kappa shape index (κ3) is 9.23. The molecule has 6 heteroatoms. The van der Waals surface area contributed by atoms with Crippen molar-refractivity contribution < 1.29 is 18.9 Å². The van der Waals surface area contributed by atoms with Crippen LogP contribution in [0, 0.1) is 0 Å². The number of pyridine rings is 1. The Morgan fingerprint density at radius 3 is 2.20 bits per heavy atom. The summed E-state index contributed by atoms with van der Waals surface area (Å²) < 4.78 is 24.3. The van der Waals surface area contributed by atoms with Crippen molar-refractivity contribution in [2.75, 3.05) is 26.3 Å². The minimum absolute atomic E-state index is 0.100. The SMILES string of the molecule is c1ccc(COCCCOc2ccc(C3CCNCC3OCc3ccccc3COCc3ccncc3)cc2)cc1. The summed E-state index contributed by atoms with van der Waals surface area (Å²) in [5.74, 6) is 1.23. The molecule has 0 bridgehead atoms. The van der Waals surface area contributed by atoms with Gasteiger partial charge in [0.05, 0.1) is 45.7 Å². The molecule has 1 aliphatic heterocycles. The van der Waals surface area contributed by atoms with Crippen molar-refractivity contribution >= 4 is 0 Å². The number of nitrogens with one attached hydrogen (secondary N) is 1. The molecule has 5 rings (SSSR count). The quantitative estimate of drug-likeness (QED) is 0.171. The highest BCUT2D eigenvalue weighted by atomic mass is 16.5. The fourth-order valence-electron chi connectivity index (χ4n) is 5.11. The predicted octanol–water partition coefficient (Wildman–Crippen LogP) is 6.45. The molecule has 1 saturated heterocycles. The fraction of sp³-hybridized carbons (Fsp3) is 0.343. The van der Waals surface area contributed by atoms with E-state index in [9.17, 15) is 0 Å². The molecule has 6 nitrogen and oxygen atoms in total. The molecule has 214 valence electrons. The summed E-state index contributed by atoms with van der Waals surface area (Å²) in [4.78, 5) is 4.07. The summed E-state index contributed by atoms with van der Waals surface area (Å²) in [5, 5.41) is 3.51. The molecule has 0 amide bonds. The van der Waals surface area contributed by atoms with Crippen LogP contribution < -0.4 is 10.1 Å². The fourth-order valence-corrected chi connectivity index (χ4v) is 5.11. The molecule has 2 heterocycles. The molecule has 0 spiro atoms. The van der Waals surface area contributed by atoms with E-state index in [1.54, 1.807) is 12.4 Å². The maximum atomic E-state index is 6.53. The van der Waals surface area contributed by atoms with Crippen molar-refractivity contribution in [2.45, 2.75) is 51.3 Å². The number of aromatic nitrogens is 1. The summed E-state index contributed by atoms with van der Waals surface area (Å²) in [6.07, 6.45) is 5.58. The van der Waals surface area contributed by atoms with Crippen LogP contribution in [0.3, 0.4) is 0 Å². The smallest absolute Gasteiger partial charge is 0.119 e. The van der Waals surface area contributed by atoms with E-state index in [0.717, 1.165) is 42.8 Å². The summed E-state index contributed by atoms with van der Waals surface area (Å²) in [5.41, 5.74) is 5.94. The van der Waals surface area contributed by atoms with E-state index in [2.05, 4.69) is 71.0 Å². The Labute approximate surface area is 243 Å². The zero-order valence-electron chi connectivity index (χ0n) is 23.6. The van der Waals surface area contributed by atoms with Gasteiger partial charge in [-0.2, -0.15) is 0 Å². The van der Waals surface area contributed by atoms with E-state index in [1.165, 1.54) is 16.7 Å². The summed E-state index contributed by atoms with van der Waals surface area (Å²) in [6, 6.07) is 31.1. The summed E-state index contributed by atoms with van der Waals surface area (Å²) in [7, 11) is 0. The van der Waals surface area contributed by atoms with Gasteiger partial charge < -0.3 is 24.3 Å². The number of hydrogen-bond donors (Lipinski definition) is 1. The number of hydrogen-bond acceptors (Lipinski definition) is 6. The van der Waals surface area contributed by atoms with Gasteiger partial charge >= 0.3 is 0 Å². The molecule has 1 aliphatic rings. The van der Waals surface area contributed by atoms with Crippen LogP contribution in [-0.2, 0) is 40.6 Å². The highest BCUT2D eigenvalue weighted by Crippen LogP contribution is 2.30. The number of ether oxygens (including phenoxy) is 4. The first-order valence-electron chi connectivity index (χ1n) is 14.6. The lowest BCUT2D eigenvalue weighted by atomic mass is 9.87. The van der Waals surface area contributed by atoms with Gasteiger partial charge in [-0.1, -0.05) is 66.7 Å². The lowest BCUT2D eigenvalue weighted by Crippen LogP contribution is -2.41. The molecule has 4 aromatic rings. The lowest BCUT2D eigenvalue weighted by molar-refractivity contribution is 0.00932. The Morgan fingerprint density at radius 2 is 1.39 bits per heavy atom. The molecule has 3 aromatic carbocycles. The Morgan fingerprint density at radius 1 is 0.683 bits per heavy atom. The second kappa shape index (κ2) is 16.0. The van der Waals surface area contributed by atoms with Gasteiger partial charge in [0, 0.05) is 31.3 Å². The zero-order chi connectivity index (χ0) is 28.0. The molecular weight excluding hydrogens is 512 g/mol. The van der Waals surface area contributed by atoms with E-state index in [0.29, 0.717) is 45.6 Å². The topological polar surface area (TPSA) is 61.8 Å². The van der Waals surface area contributed by atoms with Gasteiger partial charge in [-0.15, -0.1) is 0 Å². The minimum Gasteiger partial charge on any atom is -0.494 e. The molecule has 0 aliphatic carbocycles. The molecule has 1 N–H and O–H groups in total. The molecule has 41 heavy (non-hydrogen) atoms. The molecular formula is C35H40N2O4. The first kappa shape index (κ1) is 29.0. The Kier molecular flexibility index (Phi) is 11.3. The van der Waals surface area contributed by atoms with Crippen molar-refractivity contribution in [1.82, 2.24) is 10.3 Å². The van der Waals surface area contributed by atoms with Gasteiger partial charge in [0.25, 0.3) is 0 Å². The lowest BCUT2D eigenvalue weighted by Gasteiger charge is -2.33. The van der Waals surface area contributed by atoms with Crippen LogP contribution in [0.15, 0.2) is 103 Å². The van der Waals surface area contributed by atoms with Crippen molar-refractivity contribution in [3.05, 3.63) is 131 Å². The van der Waals surface area contributed by atoms with Crippen LogP contribution in [-0.4, -0.2) is 37.4 Å². The van der Waals surface area contributed by atoms with Crippen molar-refractivity contribution in [1.29, 1.82) is 0 Å². The van der Waals surface area contributed by atoms with E-state index >= 15 is 0 Å². The number of piperidine rings is 1. The van der Waals surface area contributed by atoms with Gasteiger partial charge in [-0.25, -0.2) is 0 Å². The average Bonchev–Trinajstić information content (AvgIpc) is 3.04. The Bertz CT molecular complexity index is 1280. The van der Waals surface area contributed by atoms with Crippen LogP contribution >= 0.6 is 0 Å². The average molecular weight is 553 g/mol. The maximum Gasteiger partial charge on any atom is 0.119 e. The molecule has 2 atom stereocenters. The molecule has 0 radical (unpaired) electrons. The largest absolute Gasteiger partial charge is 0.494 e. The van der Waals surface area contributed by atoms with E-state index < -0.39 is 0 Å². The third-order valence-corrected chi connectivity index (χ3v) is 7.39. The number of nitrogens with zero attached hydrogens (tertiary/aromatic N) is 1. The van der Waals surface area contributed by atoms with Gasteiger partial charge in [0.2, 0.25) is 0 Å². The molecule has 2 unspecified atom stereocenters. The van der Waals surface area contributed by atoms with Crippen LogP contribution in [0.4, 0.5) is 0 Å². The summed E-state index contributed by atoms with van der Waals surface area (Å²) in [6.45, 7) is 5.46. The Balaban J connectivity index is 1.07. The normalized spacial score (nSPS) is 16.9. The first-order chi connectivity index (χ1) is 20.3. The minimum atomic E-state index is 0.100. The third-order valence-electron chi connectivity index (χ3n) is 7.39. The van der Waals surface area contributed by atoms with Gasteiger partial charge in [-0.05, 0) is 65.0 Å². The van der Waals surface area contributed by atoms with Crippen molar-refractivity contribution in [3.63, 3.8) is 0 Å². The van der Waals surface area contributed by atoms with E-state index in [4.69, 9.17) is 18.9 Å². The Hall–Kier alpha value is -3.55. The highest BCUT2D eigenvalue weighted by Gasteiger charge is 2.27. The molecule has 1 fully saturated rings. The molecule has 1 aromatic heterocycles. The van der Waals surface area contributed by atoms with Crippen molar-refractivity contribution in [3.8, 4) is 5.75 Å². The first-order valence-corrected chi connectivity index (χ1v) is 14.6. The van der Waals surface area contributed by atoms with E-state index in [1.807, 2.05) is 30.3 Å². The van der Waals surface area contributed by atoms with Crippen LogP contribution in [0.25, 0.3) is 0 Å². The van der Waals surface area contributed by atoms with Crippen LogP contribution in [0.2, 0.25) is 0 Å².